The summed E-state index contributed by atoms with van der Waals surface area (Å²) in [6, 6.07) is 0.521. The molecule has 4 nitrogen and oxygen atoms in total. The van der Waals surface area contributed by atoms with Crippen molar-refractivity contribution in [3.05, 3.63) is 36.1 Å². The molecule has 0 bridgehead atoms. The van der Waals surface area contributed by atoms with E-state index in [-0.39, 0.29) is 5.83 Å². The third-order valence-electron chi connectivity index (χ3n) is 5.00. The van der Waals surface area contributed by atoms with Crippen LogP contribution in [0.15, 0.2) is 30.4 Å². The van der Waals surface area contributed by atoms with Crippen molar-refractivity contribution in [3.8, 4) is 0 Å². The number of anilines is 2. The van der Waals surface area contributed by atoms with Crippen molar-refractivity contribution in [1.82, 2.24) is 9.97 Å². The molecule has 3 aliphatic rings. The summed E-state index contributed by atoms with van der Waals surface area (Å²) < 4.78 is 13.0. The highest BCUT2D eigenvalue weighted by atomic mass is 19.1. The van der Waals surface area contributed by atoms with E-state index in [4.69, 9.17) is 0 Å². The Morgan fingerprint density at radius 1 is 1.27 bits per heavy atom. The van der Waals surface area contributed by atoms with E-state index in [0.29, 0.717) is 17.9 Å². The van der Waals surface area contributed by atoms with Gasteiger partial charge in [-0.1, -0.05) is 18.9 Å². The maximum Gasteiger partial charge on any atom is 0.153 e. The molecule has 0 aromatic carbocycles. The summed E-state index contributed by atoms with van der Waals surface area (Å²) in [5.41, 5.74) is 2.26. The average Bonchev–Trinajstić information content (AvgIpc) is 2.94. The zero-order valence-corrected chi connectivity index (χ0v) is 12.6. The molecule has 1 aliphatic heterocycles. The molecule has 0 amide bonds. The number of aromatic nitrogens is 2. The van der Waals surface area contributed by atoms with Crippen LogP contribution in [-0.4, -0.2) is 22.6 Å². The lowest BCUT2D eigenvalue weighted by Gasteiger charge is -2.24. The Labute approximate surface area is 129 Å². The van der Waals surface area contributed by atoms with Gasteiger partial charge in [0, 0.05) is 18.5 Å². The molecule has 4 rings (SSSR count). The number of nitrogens with one attached hydrogen (secondary N) is 2. The first-order chi connectivity index (χ1) is 10.8. The van der Waals surface area contributed by atoms with Gasteiger partial charge in [0.15, 0.2) is 5.82 Å². The highest BCUT2D eigenvalue weighted by Gasteiger charge is 2.36. The molecule has 0 spiro atoms. The first kappa shape index (κ1) is 13.7. The summed E-state index contributed by atoms with van der Waals surface area (Å²) >= 11 is 0. The van der Waals surface area contributed by atoms with Crippen LogP contribution in [0, 0.1) is 5.92 Å². The monoisotopic (exact) mass is 300 g/mol. The standard InChI is InChI=1S/C17H21FN4/c18-12-7-5-11(6-8-12)9-19-17-16-15(20-10-21-17)13-3-1-2-4-14(13)22-16/h5,7-8,10-11,13-14,22H,1-4,6,9H2,(H,19,20,21). The van der Waals surface area contributed by atoms with Crippen LogP contribution < -0.4 is 10.6 Å². The molecule has 3 unspecified atom stereocenters. The van der Waals surface area contributed by atoms with E-state index in [1.54, 1.807) is 18.5 Å². The van der Waals surface area contributed by atoms with Crippen molar-refractivity contribution in [2.24, 2.45) is 5.92 Å². The van der Waals surface area contributed by atoms with Gasteiger partial charge in [0.2, 0.25) is 0 Å². The smallest absolute Gasteiger partial charge is 0.153 e. The molecular weight excluding hydrogens is 279 g/mol. The molecule has 2 heterocycles. The largest absolute Gasteiger partial charge is 0.377 e. The molecule has 2 aliphatic carbocycles. The number of rotatable bonds is 3. The van der Waals surface area contributed by atoms with Gasteiger partial charge in [0.25, 0.3) is 0 Å². The lowest BCUT2D eigenvalue weighted by atomic mass is 9.85. The molecule has 22 heavy (non-hydrogen) atoms. The van der Waals surface area contributed by atoms with Gasteiger partial charge < -0.3 is 10.6 Å². The van der Waals surface area contributed by atoms with Crippen LogP contribution >= 0.6 is 0 Å². The van der Waals surface area contributed by atoms with Crippen molar-refractivity contribution < 1.29 is 4.39 Å². The fourth-order valence-corrected chi connectivity index (χ4v) is 3.79. The number of hydrogen-bond acceptors (Lipinski definition) is 4. The van der Waals surface area contributed by atoms with Crippen LogP contribution in [0.3, 0.4) is 0 Å². The van der Waals surface area contributed by atoms with Gasteiger partial charge in [-0.2, -0.15) is 0 Å². The molecule has 3 atom stereocenters. The van der Waals surface area contributed by atoms with Crippen molar-refractivity contribution in [1.29, 1.82) is 0 Å². The molecule has 1 aromatic rings. The van der Waals surface area contributed by atoms with Gasteiger partial charge in [0.05, 0.1) is 11.4 Å². The van der Waals surface area contributed by atoms with Crippen LogP contribution in [-0.2, 0) is 0 Å². The second-order valence-electron chi connectivity index (χ2n) is 6.45. The molecule has 2 N–H and O–H groups in total. The summed E-state index contributed by atoms with van der Waals surface area (Å²) in [4.78, 5) is 8.93. The number of nitrogens with zero attached hydrogens (tertiary/aromatic N) is 2. The second-order valence-corrected chi connectivity index (χ2v) is 6.45. The number of hydrogen-bond donors (Lipinski definition) is 2. The number of halogens is 1. The van der Waals surface area contributed by atoms with E-state index in [9.17, 15) is 4.39 Å². The quantitative estimate of drug-likeness (QED) is 0.892. The zero-order valence-electron chi connectivity index (χ0n) is 12.6. The van der Waals surface area contributed by atoms with Crippen molar-refractivity contribution in [3.63, 3.8) is 0 Å². The minimum absolute atomic E-state index is 0.134. The third kappa shape index (κ3) is 2.49. The second kappa shape index (κ2) is 5.71. The molecular formula is C17H21FN4. The highest BCUT2D eigenvalue weighted by molar-refractivity contribution is 5.71. The Bertz CT molecular complexity index is 625. The van der Waals surface area contributed by atoms with Gasteiger partial charge >= 0.3 is 0 Å². The minimum Gasteiger partial charge on any atom is -0.377 e. The molecule has 1 fully saturated rings. The molecule has 0 radical (unpaired) electrons. The Morgan fingerprint density at radius 2 is 2.18 bits per heavy atom. The van der Waals surface area contributed by atoms with E-state index in [2.05, 4.69) is 20.6 Å². The van der Waals surface area contributed by atoms with Crippen molar-refractivity contribution in [2.75, 3.05) is 17.2 Å². The molecule has 5 heteroatoms. The topological polar surface area (TPSA) is 49.8 Å². The first-order valence-electron chi connectivity index (χ1n) is 8.20. The SMILES string of the molecule is FC1=CCC(CNc2ncnc3c2NC2CCCCC32)C=C1. The Balaban J connectivity index is 1.48. The van der Waals surface area contributed by atoms with E-state index in [1.165, 1.54) is 31.4 Å². The van der Waals surface area contributed by atoms with Crippen LogP contribution in [0.2, 0.25) is 0 Å². The maximum absolute atomic E-state index is 13.0. The summed E-state index contributed by atoms with van der Waals surface area (Å²) in [5, 5.41) is 7.05. The lowest BCUT2D eigenvalue weighted by molar-refractivity contribution is 0.417. The number of fused-ring (bicyclic) bond motifs is 3. The Kier molecular flexibility index (Phi) is 3.56. The average molecular weight is 300 g/mol. The van der Waals surface area contributed by atoms with Crippen LogP contribution in [0.5, 0.6) is 0 Å². The lowest BCUT2D eigenvalue weighted by Crippen LogP contribution is -2.24. The van der Waals surface area contributed by atoms with Gasteiger partial charge in [-0.05, 0) is 37.3 Å². The van der Waals surface area contributed by atoms with Gasteiger partial charge in [-0.15, -0.1) is 0 Å². The number of allylic oxidation sites excluding steroid dienone is 3. The molecule has 116 valence electrons. The van der Waals surface area contributed by atoms with Gasteiger partial charge in [-0.3, -0.25) is 0 Å². The summed E-state index contributed by atoms with van der Waals surface area (Å²) in [6.07, 6.45) is 12.5. The Morgan fingerprint density at radius 3 is 3.05 bits per heavy atom. The normalized spacial score (nSPS) is 29.3. The predicted octanol–water partition coefficient (Wildman–Crippen LogP) is 3.77. The zero-order chi connectivity index (χ0) is 14.9. The highest BCUT2D eigenvalue weighted by Crippen LogP contribution is 2.44. The van der Waals surface area contributed by atoms with Gasteiger partial charge in [-0.25, -0.2) is 14.4 Å². The molecule has 1 saturated carbocycles. The van der Waals surface area contributed by atoms with Crippen molar-refractivity contribution >= 4 is 11.5 Å². The van der Waals surface area contributed by atoms with Gasteiger partial charge in [0.1, 0.15) is 12.2 Å². The third-order valence-corrected chi connectivity index (χ3v) is 5.00. The fraction of sp³-hybridized carbons (Fsp3) is 0.529. The predicted molar refractivity (Wildman–Crippen MR) is 85.6 cm³/mol. The Hall–Kier alpha value is -1.91. The van der Waals surface area contributed by atoms with Crippen molar-refractivity contribution in [2.45, 2.75) is 44.1 Å². The summed E-state index contributed by atoms with van der Waals surface area (Å²) in [7, 11) is 0. The fourth-order valence-electron chi connectivity index (χ4n) is 3.79. The van der Waals surface area contributed by atoms with Crippen LogP contribution in [0.25, 0.3) is 0 Å². The summed E-state index contributed by atoms with van der Waals surface area (Å²) in [6.45, 7) is 0.765. The molecule has 0 saturated heterocycles. The van der Waals surface area contributed by atoms with Crippen LogP contribution in [0.4, 0.5) is 15.9 Å². The van der Waals surface area contributed by atoms with Crippen LogP contribution in [0.1, 0.15) is 43.7 Å². The van der Waals surface area contributed by atoms with E-state index in [1.807, 2.05) is 6.08 Å². The first-order valence-corrected chi connectivity index (χ1v) is 8.20. The maximum atomic E-state index is 13.0. The van der Waals surface area contributed by atoms with E-state index in [0.717, 1.165) is 24.5 Å². The molecule has 1 aromatic heterocycles. The summed E-state index contributed by atoms with van der Waals surface area (Å²) in [5.74, 6) is 1.61. The minimum atomic E-state index is -0.134. The van der Waals surface area contributed by atoms with E-state index >= 15 is 0 Å². The van der Waals surface area contributed by atoms with E-state index < -0.39 is 0 Å².